The molecule has 0 radical (unpaired) electrons. The Hall–Kier alpha value is -2.95. The summed E-state index contributed by atoms with van der Waals surface area (Å²) in [5.74, 6) is -4.64. The molecule has 1 aromatic carbocycles. The fraction of sp³-hybridized carbons (Fsp3) is 0.500. The summed E-state index contributed by atoms with van der Waals surface area (Å²) in [4.78, 5) is 31.9. The first-order valence-corrected chi connectivity index (χ1v) is 13.7. The lowest BCUT2D eigenvalue weighted by molar-refractivity contribution is -0.121. The smallest absolute Gasteiger partial charge is 0.278 e. The number of fused-ring (bicyclic) bond motifs is 1. The van der Waals surface area contributed by atoms with E-state index < -0.39 is 50.7 Å². The third-order valence-electron chi connectivity index (χ3n) is 7.10. The van der Waals surface area contributed by atoms with Gasteiger partial charge < -0.3 is 4.74 Å². The molecule has 0 N–H and O–H groups in total. The van der Waals surface area contributed by atoms with Crippen molar-refractivity contribution in [2.45, 2.75) is 58.3 Å². The number of aromatic nitrogens is 1. The number of benzene rings is 1. The highest BCUT2D eigenvalue weighted by Gasteiger charge is 2.46. The number of carbonyl (C=O) groups is 2. The zero-order valence-corrected chi connectivity index (χ0v) is 21.9. The number of nitrogens with zero attached hydrogens (tertiary/aromatic N) is 2. The van der Waals surface area contributed by atoms with Gasteiger partial charge in [0.2, 0.25) is 5.91 Å². The molecule has 1 saturated heterocycles. The van der Waals surface area contributed by atoms with E-state index in [-0.39, 0.29) is 40.7 Å². The summed E-state index contributed by atoms with van der Waals surface area (Å²) in [5, 5.41) is 0. The van der Waals surface area contributed by atoms with E-state index in [0.29, 0.717) is 18.4 Å². The number of amides is 1. The number of hydrogen-bond acceptors (Lipinski definition) is 6. The summed E-state index contributed by atoms with van der Waals surface area (Å²) < 4.78 is 70.5. The predicted octanol–water partition coefficient (Wildman–Crippen LogP) is 5.00. The van der Waals surface area contributed by atoms with Crippen molar-refractivity contribution < 1.29 is 35.9 Å². The summed E-state index contributed by atoms with van der Waals surface area (Å²) in [6.45, 7) is 4.97. The van der Waals surface area contributed by atoms with Gasteiger partial charge in [-0.2, -0.15) is 0 Å². The zero-order chi connectivity index (χ0) is 27.4. The fourth-order valence-corrected chi connectivity index (χ4v) is 6.52. The van der Waals surface area contributed by atoms with Crippen LogP contribution in [0.25, 0.3) is 0 Å². The average Bonchev–Trinajstić information content (AvgIpc) is 2.98. The van der Waals surface area contributed by atoms with E-state index in [1.54, 1.807) is 13.8 Å². The van der Waals surface area contributed by atoms with E-state index in [9.17, 15) is 26.8 Å². The SMILES string of the molecule is CC(F)(F)COc1ccnc(N2C(=O)C(C)(C)c3cc(C(=O)CC4(C)CCS(=O)(=O)CC4)c(F)cc32)c1. The minimum Gasteiger partial charge on any atom is -0.487 e. The molecule has 0 bridgehead atoms. The molecule has 2 aliphatic heterocycles. The maximum Gasteiger partial charge on any atom is 0.278 e. The molecule has 0 atom stereocenters. The van der Waals surface area contributed by atoms with Gasteiger partial charge in [0.25, 0.3) is 5.92 Å². The zero-order valence-electron chi connectivity index (χ0n) is 21.1. The highest BCUT2D eigenvalue weighted by molar-refractivity contribution is 7.91. The molecule has 1 amide bonds. The van der Waals surface area contributed by atoms with Crippen LogP contribution in [-0.4, -0.2) is 49.1 Å². The van der Waals surface area contributed by atoms with Crippen LogP contribution in [0.2, 0.25) is 0 Å². The van der Waals surface area contributed by atoms with Crippen LogP contribution in [0.5, 0.6) is 5.75 Å². The number of sulfone groups is 1. The second-order valence-corrected chi connectivity index (χ2v) is 13.2. The van der Waals surface area contributed by atoms with Crippen molar-refractivity contribution in [3.05, 3.63) is 47.4 Å². The van der Waals surface area contributed by atoms with Crippen molar-refractivity contribution in [2.75, 3.05) is 23.0 Å². The Kier molecular flexibility index (Phi) is 6.67. The van der Waals surface area contributed by atoms with Gasteiger partial charge in [0.1, 0.15) is 27.2 Å². The van der Waals surface area contributed by atoms with Gasteiger partial charge in [-0.1, -0.05) is 6.92 Å². The Bertz CT molecular complexity index is 1350. The molecular formula is C26H29F3N2O5S. The van der Waals surface area contributed by atoms with Gasteiger partial charge in [0.05, 0.1) is 28.2 Å². The third kappa shape index (κ3) is 5.51. The van der Waals surface area contributed by atoms with Crippen LogP contribution in [0.1, 0.15) is 62.9 Å². The molecule has 0 unspecified atom stereocenters. The second kappa shape index (κ2) is 9.11. The molecule has 1 fully saturated rings. The van der Waals surface area contributed by atoms with Gasteiger partial charge in [-0.3, -0.25) is 14.5 Å². The lowest BCUT2D eigenvalue weighted by Gasteiger charge is -2.32. The quantitative estimate of drug-likeness (QED) is 0.461. The van der Waals surface area contributed by atoms with E-state index >= 15 is 4.39 Å². The Labute approximate surface area is 213 Å². The van der Waals surface area contributed by atoms with Crippen molar-refractivity contribution in [1.29, 1.82) is 0 Å². The van der Waals surface area contributed by atoms with Gasteiger partial charge in [0.15, 0.2) is 12.4 Å². The number of Topliss-reactive ketones (excluding diaryl/α,β-unsaturated/α-hetero) is 1. The number of halogens is 3. The summed E-state index contributed by atoms with van der Waals surface area (Å²) in [5.41, 5.74) is -1.23. The molecule has 7 nitrogen and oxygen atoms in total. The number of hydrogen-bond donors (Lipinski definition) is 0. The van der Waals surface area contributed by atoms with Crippen molar-refractivity contribution in [1.82, 2.24) is 4.98 Å². The number of pyridine rings is 1. The van der Waals surface area contributed by atoms with Crippen LogP contribution < -0.4 is 9.64 Å². The van der Waals surface area contributed by atoms with E-state index in [4.69, 9.17) is 4.74 Å². The predicted molar refractivity (Wildman–Crippen MR) is 132 cm³/mol. The monoisotopic (exact) mass is 538 g/mol. The van der Waals surface area contributed by atoms with Gasteiger partial charge in [-0.25, -0.2) is 26.6 Å². The second-order valence-electron chi connectivity index (χ2n) is 10.9. The van der Waals surface area contributed by atoms with Gasteiger partial charge >= 0.3 is 0 Å². The molecular weight excluding hydrogens is 509 g/mol. The lowest BCUT2D eigenvalue weighted by atomic mass is 9.78. The standard InChI is InChI=1S/C26H29F3N2O5S/c1-24(2)18-12-17(21(32)14-25(3)6-9-37(34,35)10-7-25)19(27)13-20(18)31(23(24)33)22-11-16(5-8-30-22)36-15-26(4,28)29/h5,8,11-13H,6-7,9-10,14-15H2,1-4H3. The van der Waals surface area contributed by atoms with Crippen LogP contribution in [-0.2, 0) is 20.0 Å². The Morgan fingerprint density at radius 3 is 2.43 bits per heavy atom. The highest BCUT2D eigenvalue weighted by Crippen LogP contribution is 2.47. The molecule has 2 aliphatic rings. The number of carbonyl (C=O) groups excluding carboxylic acids is 2. The highest BCUT2D eigenvalue weighted by atomic mass is 32.2. The molecule has 2 aromatic rings. The first kappa shape index (κ1) is 27.1. The summed E-state index contributed by atoms with van der Waals surface area (Å²) in [6, 6.07) is 5.19. The van der Waals surface area contributed by atoms with Crippen LogP contribution in [0.3, 0.4) is 0 Å². The number of alkyl halides is 2. The van der Waals surface area contributed by atoms with Gasteiger partial charge in [-0.05, 0) is 55.9 Å². The van der Waals surface area contributed by atoms with E-state index in [1.807, 2.05) is 6.92 Å². The van der Waals surface area contributed by atoms with Crippen LogP contribution in [0.4, 0.5) is 24.7 Å². The van der Waals surface area contributed by atoms with Gasteiger partial charge in [0, 0.05) is 25.6 Å². The van der Waals surface area contributed by atoms with Crippen molar-refractivity contribution >= 4 is 33.0 Å². The van der Waals surface area contributed by atoms with Gasteiger partial charge in [-0.15, -0.1) is 0 Å². The molecule has 0 aliphatic carbocycles. The summed E-state index contributed by atoms with van der Waals surface area (Å²) in [7, 11) is -3.12. The Morgan fingerprint density at radius 2 is 1.81 bits per heavy atom. The Balaban J connectivity index is 1.65. The maximum atomic E-state index is 15.3. The number of anilines is 2. The molecule has 0 spiro atoms. The topological polar surface area (TPSA) is 93.6 Å². The summed E-state index contributed by atoms with van der Waals surface area (Å²) in [6.07, 6.45) is 1.92. The van der Waals surface area contributed by atoms with Crippen LogP contribution in [0.15, 0.2) is 30.5 Å². The fourth-order valence-electron chi connectivity index (χ4n) is 4.71. The van der Waals surface area contributed by atoms with Crippen LogP contribution in [0, 0.1) is 11.2 Å². The minimum atomic E-state index is -3.12. The molecule has 37 heavy (non-hydrogen) atoms. The molecule has 200 valence electrons. The van der Waals surface area contributed by atoms with E-state index in [0.717, 1.165) is 13.0 Å². The van der Waals surface area contributed by atoms with Crippen molar-refractivity contribution in [3.8, 4) is 5.75 Å². The van der Waals surface area contributed by atoms with E-state index in [1.165, 1.54) is 29.3 Å². The normalized spacial score (nSPS) is 20.0. The van der Waals surface area contributed by atoms with E-state index in [2.05, 4.69) is 4.98 Å². The van der Waals surface area contributed by atoms with Crippen molar-refractivity contribution in [2.24, 2.45) is 5.41 Å². The largest absolute Gasteiger partial charge is 0.487 e. The minimum absolute atomic E-state index is 0.00831. The van der Waals surface area contributed by atoms with Crippen LogP contribution >= 0.6 is 0 Å². The first-order chi connectivity index (χ1) is 17.0. The first-order valence-electron chi connectivity index (χ1n) is 11.9. The molecule has 11 heteroatoms. The lowest BCUT2D eigenvalue weighted by Crippen LogP contribution is -2.33. The Morgan fingerprint density at radius 1 is 1.16 bits per heavy atom. The molecule has 4 rings (SSSR count). The summed E-state index contributed by atoms with van der Waals surface area (Å²) >= 11 is 0. The average molecular weight is 539 g/mol. The van der Waals surface area contributed by atoms with Crippen molar-refractivity contribution in [3.63, 3.8) is 0 Å². The number of rotatable bonds is 7. The number of ether oxygens (including phenoxy) is 1. The molecule has 0 saturated carbocycles. The number of ketones is 1. The maximum absolute atomic E-state index is 15.3. The third-order valence-corrected chi connectivity index (χ3v) is 8.75. The molecule has 3 heterocycles. The molecule has 1 aromatic heterocycles.